The number of hydrogen-bond donors (Lipinski definition) is 3. The first-order valence-electron chi connectivity index (χ1n) is 17.2. The zero-order valence-corrected chi connectivity index (χ0v) is 30.3. The van der Waals surface area contributed by atoms with Crippen LogP contribution in [0.15, 0.2) is 60.7 Å². The fourth-order valence-electron chi connectivity index (χ4n) is 7.63. The van der Waals surface area contributed by atoms with Gasteiger partial charge in [0.05, 0.1) is 28.7 Å². The lowest BCUT2D eigenvalue weighted by molar-refractivity contribution is -0.139. The van der Waals surface area contributed by atoms with Crippen LogP contribution in [0.3, 0.4) is 0 Å². The van der Waals surface area contributed by atoms with Gasteiger partial charge in [-0.25, -0.2) is 0 Å². The van der Waals surface area contributed by atoms with Gasteiger partial charge in [0.15, 0.2) is 0 Å². The lowest BCUT2D eigenvalue weighted by Crippen LogP contribution is -2.37. The van der Waals surface area contributed by atoms with Crippen LogP contribution in [0.4, 0.5) is 0 Å². The summed E-state index contributed by atoms with van der Waals surface area (Å²) in [5.41, 5.74) is 12.9. The molecule has 0 bridgehead atoms. The van der Waals surface area contributed by atoms with E-state index < -0.39 is 18.2 Å². The van der Waals surface area contributed by atoms with Crippen LogP contribution in [0.5, 0.6) is 0 Å². The smallest absolute Gasteiger partial charge is 0.306 e. The number of aliphatic carboxylic acids is 1. The summed E-state index contributed by atoms with van der Waals surface area (Å²) in [4.78, 5) is 26.8. The van der Waals surface area contributed by atoms with E-state index >= 15 is 0 Å². The lowest BCUT2D eigenvalue weighted by atomic mass is 9.88. The third kappa shape index (κ3) is 7.99. The number of benzene rings is 4. The number of aryl methyl sites for hydroxylation is 2. The second-order valence-electron chi connectivity index (χ2n) is 14.0. The van der Waals surface area contributed by atoms with Gasteiger partial charge in [0.1, 0.15) is 5.78 Å². The van der Waals surface area contributed by atoms with E-state index in [1.807, 2.05) is 30.3 Å². The van der Waals surface area contributed by atoms with E-state index in [0.717, 1.165) is 77.0 Å². The van der Waals surface area contributed by atoms with E-state index in [0.29, 0.717) is 29.7 Å². The van der Waals surface area contributed by atoms with E-state index in [9.17, 15) is 19.8 Å². The highest BCUT2D eigenvalue weighted by molar-refractivity contribution is 6.39. The SMILES string of the molecule is CC(=O)C[C@H](O)CN1CCc2cc(-c3cccc(-c4cccc(-c5cc6c(cc5C)CN(C[C@@H](O)CC(=O)O)CC6)c4Cl)c3Cl)c(C)cc2C1. The van der Waals surface area contributed by atoms with E-state index in [2.05, 4.69) is 54.0 Å². The van der Waals surface area contributed by atoms with Crippen LogP contribution < -0.4 is 0 Å². The molecule has 4 aromatic rings. The number of carboxylic acids is 1. The molecular formula is C41H44Cl2N2O5. The molecule has 0 aromatic heterocycles. The molecule has 262 valence electrons. The molecule has 2 heterocycles. The Morgan fingerprint density at radius 2 is 1.06 bits per heavy atom. The summed E-state index contributed by atoms with van der Waals surface area (Å²) in [6.45, 7) is 9.47. The van der Waals surface area contributed by atoms with Gasteiger partial charge >= 0.3 is 5.97 Å². The minimum atomic E-state index is -0.995. The highest BCUT2D eigenvalue weighted by Gasteiger charge is 2.24. The molecule has 2 aliphatic heterocycles. The summed E-state index contributed by atoms with van der Waals surface area (Å²) in [6.07, 6.45) is 0.0298. The van der Waals surface area contributed by atoms with Crippen molar-refractivity contribution < 1.29 is 24.9 Å². The Bertz CT molecular complexity index is 1800. The number of fused-ring (bicyclic) bond motifs is 2. The Balaban J connectivity index is 1.26. The highest BCUT2D eigenvalue weighted by atomic mass is 35.5. The third-order valence-corrected chi connectivity index (χ3v) is 10.8. The van der Waals surface area contributed by atoms with Crippen LogP contribution >= 0.6 is 23.2 Å². The number of carbonyl (C=O) groups is 2. The average Bonchev–Trinajstić information content (AvgIpc) is 3.04. The summed E-state index contributed by atoms with van der Waals surface area (Å²) in [5, 5.41) is 30.8. The van der Waals surface area contributed by atoms with Crippen molar-refractivity contribution in [3.8, 4) is 33.4 Å². The van der Waals surface area contributed by atoms with Crippen LogP contribution in [0.2, 0.25) is 10.0 Å². The van der Waals surface area contributed by atoms with Crippen LogP contribution in [0.25, 0.3) is 33.4 Å². The number of rotatable bonds is 11. The Labute approximate surface area is 304 Å². The van der Waals surface area contributed by atoms with Crippen molar-refractivity contribution in [2.24, 2.45) is 0 Å². The van der Waals surface area contributed by atoms with Crippen molar-refractivity contribution in [1.29, 1.82) is 0 Å². The highest BCUT2D eigenvalue weighted by Crippen LogP contribution is 2.44. The molecule has 50 heavy (non-hydrogen) atoms. The predicted molar refractivity (Wildman–Crippen MR) is 200 cm³/mol. The van der Waals surface area contributed by atoms with Gasteiger partial charge in [0.2, 0.25) is 0 Å². The summed E-state index contributed by atoms with van der Waals surface area (Å²) < 4.78 is 0. The second kappa shape index (κ2) is 15.4. The van der Waals surface area contributed by atoms with Gasteiger partial charge < -0.3 is 15.3 Å². The first-order chi connectivity index (χ1) is 23.9. The molecule has 0 saturated heterocycles. The minimum Gasteiger partial charge on any atom is -0.481 e. The van der Waals surface area contributed by atoms with Gasteiger partial charge in [0, 0.05) is 67.9 Å². The number of β-amino-alcohol motifs (C(OH)–C–C–N with tert-alkyl or cyclic N) is 2. The number of aliphatic hydroxyl groups excluding tert-OH is 2. The van der Waals surface area contributed by atoms with Crippen LogP contribution in [-0.2, 0) is 35.5 Å². The minimum absolute atomic E-state index is 0.000405. The molecule has 0 fully saturated rings. The number of ketones is 1. The van der Waals surface area contributed by atoms with Gasteiger partial charge in [-0.15, -0.1) is 0 Å². The number of hydrogen-bond acceptors (Lipinski definition) is 6. The van der Waals surface area contributed by atoms with Crippen molar-refractivity contribution in [1.82, 2.24) is 9.80 Å². The first kappa shape index (κ1) is 36.2. The molecule has 0 spiro atoms. The van der Waals surface area contributed by atoms with Crippen LogP contribution in [-0.4, -0.2) is 75.3 Å². The molecule has 2 aliphatic rings. The molecule has 3 N–H and O–H groups in total. The fourth-order valence-corrected chi connectivity index (χ4v) is 8.29. The first-order valence-corrected chi connectivity index (χ1v) is 18.0. The largest absolute Gasteiger partial charge is 0.481 e. The van der Waals surface area contributed by atoms with Gasteiger partial charge in [-0.1, -0.05) is 83.9 Å². The van der Waals surface area contributed by atoms with Gasteiger partial charge in [0.25, 0.3) is 0 Å². The van der Waals surface area contributed by atoms with Gasteiger partial charge in [-0.2, -0.15) is 0 Å². The van der Waals surface area contributed by atoms with E-state index in [1.54, 1.807) is 0 Å². The van der Waals surface area contributed by atoms with E-state index in [1.165, 1.54) is 29.2 Å². The zero-order chi connectivity index (χ0) is 35.7. The number of aliphatic hydroxyl groups is 2. The number of halogens is 2. The Hall–Kier alpha value is -3.56. The van der Waals surface area contributed by atoms with E-state index in [-0.39, 0.29) is 18.6 Å². The zero-order valence-electron chi connectivity index (χ0n) is 28.8. The Morgan fingerprint density at radius 3 is 1.46 bits per heavy atom. The standard InChI is InChI=1S/C41H44Cl2N2O5/c1-24-14-29-20-44(22-31(47)16-26(3)46)12-10-27(29)17-37(24)35-8-4-6-33(40(35)42)34-7-5-9-36(41(34)43)38-18-28-11-13-45(21-30(28)15-25(38)2)23-32(48)19-39(49)50/h4-9,14-15,17-18,31-32,47-48H,10-13,16,19-23H2,1-3H3,(H,49,50)/t31-,32-/m0/s1. The van der Waals surface area contributed by atoms with Crippen molar-refractivity contribution in [2.45, 2.75) is 71.8 Å². The summed E-state index contributed by atoms with van der Waals surface area (Å²) >= 11 is 14.5. The molecule has 0 radical (unpaired) electrons. The van der Waals surface area contributed by atoms with Crippen LogP contribution in [0.1, 0.15) is 53.1 Å². The molecule has 0 saturated carbocycles. The average molecular weight is 716 g/mol. The quantitative estimate of drug-likeness (QED) is 0.148. The summed E-state index contributed by atoms with van der Waals surface area (Å²) in [6, 6.07) is 21.1. The topological polar surface area (TPSA) is 101 Å². The molecule has 0 unspecified atom stereocenters. The maximum Gasteiger partial charge on any atom is 0.306 e. The normalized spacial score (nSPS) is 16.1. The fraction of sp³-hybridized carbons (Fsp3) is 0.366. The monoisotopic (exact) mass is 714 g/mol. The molecule has 2 atom stereocenters. The molecule has 0 amide bonds. The number of nitrogens with zero attached hydrogens (tertiary/aromatic N) is 2. The Morgan fingerprint density at radius 1 is 0.660 bits per heavy atom. The number of Topliss-reactive ketones (excluding diaryl/α,β-unsaturated/α-hetero) is 1. The molecule has 4 aromatic carbocycles. The maximum absolute atomic E-state index is 11.5. The number of carbonyl (C=O) groups excluding carboxylic acids is 1. The van der Waals surface area contributed by atoms with Crippen molar-refractivity contribution in [2.75, 3.05) is 26.2 Å². The van der Waals surface area contributed by atoms with Crippen molar-refractivity contribution in [3.05, 3.63) is 104 Å². The molecule has 7 nitrogen and oxygen atoms in total. The molecule has 9 heteroatoms. The molecule has 0 aliphatic carbocycles. The van der Waals surface area contributed by atoms with Crippen molar-refractivity contribution in [3.63, 3.8) is 0 Å². The summed E-state index contributed by atoms with van der Waals surface area (Å²) in [5.74, 6) is -0.995. The summed E-state index contributed by atoms with van der Waals surface area (Å²) in [7, 11) is 0. The molecular weight excluding hydrogens is 671 g/mol. The third-order valence-electron chi connectivity index (χ3n) is 10.0. The number of carboxylic acid groups (broad SMARTS) is 1. The maximum atomic E-state index is 11.5. The predicted octanol–water partition coefficient (Wildman–Crippen LogP) is 7.50. The van der Waals surface area contributed by atoms with Crippen LogP contribution in [0, 0.1) is 13.8 Å². The van der Waals surface area contributed by atoms with E-state index in [4.69, 9.17) is 28.3 Å². The van der Waals surface area contributed by atoms with Gasteiger partial charge in [-0.05, 0) is 78.1 Å². The lowest BCUT2D eigenvalue weighted by Gasteiger charge is -2.31. The molecule has 6 rings (SSSR count). The van der Waals surface area contributed by atoms with Gasteiger partial charge in [-0.3, -0.25) is 19.4 Å². The Kier molecular flexibility index (Phi) is 11.1. The van der Waals surface area contributed by atoms with Crippen molar-refractivity contribution >= 4 is 35.0 Å². The second-order valence-corrected chi connectivity index (χ2v) is 14.7.